The van der Waals surface area contributed by atoms with Gasteiger partial charge in [0.05, 0.1) is 17.8 Å². The van der Waals surface area contributed by atoms with Crippen LogP contribution < -0.4 is 4.74 Å². The van der Waals surface area contributed by atoms with Gasteiger partial charge in [-0.1, -0.05) is 12.1 Å². The van der Waals surface area contributed by atoms with E-state index in [4.69, 9.17) is 4.74 Å². The summed E-state index contributed by atoms with van der Waals surface area (Å²) in [5.41, 5.74) is 4.56. The maximum atomic E-state index is 13.0. The number of H-pyrrole nitrogens is 1. The summed E-state index contributed by atoms with van der Waals surface area (Å²) < 4.78 is 18.6. The lowest BCUT2D eigenvalue weighted by molar-refractivity contribution is 0.320. The molecule has 0 radical (unpaired) electrons. The average molecular weight is 417 g/mol. The number of rotatable bonds is 7. The van der Waals surface area contributed by atoms with Crippen LogP contribution in [0.5, 0.6) is 5.75 Å². The summed E-state index contributed by atoms with van der Waals surface area (Å²) in [6.45, 7) is 3.57. The molecule has 2 aromatic carbocycles. The topological polar surface area (TPSA) is 54.0 Å². The Morgan fingerprint density at radius 1 is 1.10 bits per heavy atom. The van der Waals surface area contributed by atoms with E-state index in [9.17, 15) is 4.39 Å². The van der Waals surface area contributed by atoms with E-state index >= 15 is 0 Å². The molecule has 1 N–H and O–H groups in total. The number of aromatic amines is 1. The quantitative estimate of drug-likeness (QED) is 0.474. The largest absolute Gasteiger partial charge is 0.493 e. The van der Waals surface area contributed by atoms with E-state index in [1.807, 2.05) is 12.3 Å². The molecule has 1 aliphatic rings. The van der Waals surface area contributed by atoms with Crippen LogP contribution in [0, 0.1) is 5.82 Å². The second-order valence-electron chi connectivity index (χ2n) is 8.12. The molecule has 0 spiro atoms. The molecule has 1 fully saturated rings. The maximum Gasteiger partial charge on any atom is 0.123 e. The monoisotopic (exact) mass is 416 g/mol. The van der Waals surface area contributed by atoms with Gasteiger partial charge >= 0.3 is 0 Å². The van der Waals surface area contributed by atoms with Gasteiger partial charge in [0.2, 0.25) is 0 Å². The lowest BCUT2D eigenvalue weighted by Crippen LogP contribution is -2.19. The molecule has 1 atom stereocenters. The van der Waals surface area contributed by atoms with Crippen LogP contribution >= 0.6 is 0 Å². The lowest BCUT2D eigenvalue weighted by Gasteiger charge is -2.16. The van der Waals surface area contributed by atoms with Crippen molar-refractivity contribution in [3.63, 3.8) is 0 Å². The van der Waals surface area contributed by atoms with Crippen LogP contribution in [0.2, 0.25) is 0 Å². The third-order valence-electron chi connectivity index (χ3n) is 5.87. The lowest BCUT2D eigenvalue weighted by atomic mass is 10.0. The van der Waals surface area contributed by atoms with Gasteiger partial charge in [-0.05, 0) is 67.1 Å². The molecule has 6 heteroatoms. The van der Waals surface area contributed by atoms with E-state index in [1.165, 1.54) is 23.1 Å². The zero-order valence-electron chi connectivity index (χ0n) is 17.3. The highest BCUT2D eigenvalue weighted by Crippen LogP contribution is 2.28. The van der Waals surface area contributed by atoms with Crippen LogP contribution in [0.3, 0.4) is 0 Å². The Balaban J connectivity index is 1.14. The van der Waals surface area contributed by atoms with Crippen LogP contribution in [0.15, 0.2) is 66.9 Å². The standard InChI is InChI=1S/C25H25FN4O/c26-21-4-6-23(7-5-21)31-13-10-22-15-25(29-28-22)20-9-12-30(17-20)16-18-3-8-24-19(14-18)2-1-11-27-24/h1-8,11,14-15,20H,9-10,12-13,16-17H2,(H,28,29). The fourth-order valence-electron chi connectivity index (χ4n) is 4.23. The predicted molar refractivity (Wildman–Crippen MR) is 119 cm³/mol. The van der Waals surface area contributed by atoms with Gasteiger partial charge in [0.1, 0.15) is 11.6 Å². The first kappa shape index (κ1) is 19.7. The predicted octanol–water partition coefficient (Wildman–Crippen LogP) is 4.71. The van der Waals surface area contributed by atoms with Gasteiger partial charge in [-0.3, -0.25) is 15.0 Å². The molecule has 0 amide bonds. The van der Waals surface area contributed by atoms with Crippen LogP contribution in [0.4, 0.5) is 4.39 Å². The normalized spacial score (nSPS) is 16.7. The Morgan fingerprint density at radius 2 is 2.00 bits per heavy atom. The molecule has 1 aliphatic heterocycles. The van der Waals surface area contributed by atoms with Crippen molar-refractivity contribution in [3.05, 3.63) is 89.6 Å². The van der Waals surface area contributed by atoms with Crippen LogP contribution in [-0.4, -0.2) is 39.8 Å². The number of ether oxygens (including phenoxy) is 1. The fourth-order valence-corrected chi connectivity index (χ4v) is 4.23. The Morgan fingerprint density at radius 3 is 2.90 bits per heavy atom. The number of nitrogens with zero attached hydrogens (tertiary/aromatic N) is 3. The average Bonchev–Trinajstić information content (AvgIpc) is 3.45. The van der Waals surface area contributed by atoms with Gasteiger partial charge in [0.25, 0.3) is 0 Å². The van der Waals surface area contributed by atoms with Crippen LogP contribution in [0.25, 0.3) is 10.9 Å². The van der Waals surface area contributed by atoms with E-state index in [0.717, 1.165) is 49.4 Å². The molecule has 2 aromatic heterocycles. The van der Waals surface area contributed by atoms with Gasteiger partial charge in [-0.2, -0.15) is 5.10 Å². The van der Waals surface area contributed by atoms with Crippen molar-refractivity contribution in [2.75, 3.05) is 19.7 Å². The number of hydrogen-bond donors (Lipinski definition) is 1. The highest BCUT2D eigenvalue weighted by atomic mass is 19.1. The van der Waals surface area contributed by atoms with E-state index in [0.29, 0.717) is 18.3 Å². The maximum absolute atomic E-state index is 13.0. The number of nitrogens with one attached hydrogen (secondary N) is 1. The van der Waals surface area contributed by atoms with Gasteiger partial charge in [-0.25, -0.2) is 4.39 Å². The number of benzene rings is 2. The summed E-state index contributed by atoms with van der Waals surface area (Å²) >= 11 is 0. The van der Waals surface area contributed by atoms with E-state index < -0.39 is 0 Å². The number of hydrogen-bond acceptors (Lipinski definition) is 4. The first-order valence-electron chi connectivity index (χ1n) is 10.7. The van der Waals surface area contributed by atoms with E-state index in [1.54, 1.807) is 12.1 Å². The van der Waals surface area contributed by atoms with Gasteiger partial charge in [0, 0.05) is 42.7 Å². The first-order chi connectivity index (χ1) is 15.2. The molecule has 1 saturated heterocycles. The summed E-state index contributed by atoms with van der Waals surface area (Å²) in [7, 11) is 0. The van der Waals surface area contributed by atoms with Crippen molar-refractivity contribution in [2.45, 2.75) is 25.3 Å². The first-order valence-corrected chi connectivity index (χ1v) is 10.7. The minimum Gasteiger partial charge on any atom is -0.493 e. The number of fused-ring (bicyclic) bond motifs is 1. The van der Waals surface area contributed by atoms with E-state index in [2.05, 4.69) is 50.4 Å². The molecule has 0 bridgehead atoms. The Bertz CT molecular complexity index is 1160. The molecule has 4 aromatic rings. The molecule has 5 nitrogen and oxygen atoms in total. The molecular weight excluding hydrogens is 391 g/mol. The molecule has 1 unspecified atom stereocenters. The molecule has 5 rings (SSSR count). The molecule has 3 heterocycles. The minimum absolute atomic E-state index is 0.256. The Labute approximate surface area is 180 Å². The summed E-state index contributed by atoms with van der Waals surface area (Å²) in [6.07, 6.45) is 3.69. The zero-order valence-corrected chi connectivity index (χ0v) is 17.3. The summed E-state index contributed by atoms with van der Waals surface area (Å²) in [4.78, 5) is 6.89. The van der Waals surface area contributed by atoms with E-state index in [-0.39, 0.29) is 5.82 Å². The molecule has 158 valence electrons. The summed E-state index contributed by atoms with van der Waals surface area (Å²) in [6, 6.07) is 18.9. The van der Waals surface area contributed by atoms with Gasteiger partial charge in [-0.15, -0.1) is 0 Å². The van der Waals surface area contributed by atoms with Crippen molar-refractivity contribution in [1.29, 1.82) is 0 Å². The molecule has 31 heavy (non-hydrogen) atoms. The smallest absolute Gasteiger partial charge is 0.123 e. The van der Waals surface area contributed by atoms with Gasteiger partial charge < -0.3 is 4.74 Å². The van der Waals surface area contributed by atoms with Crippen LogP contribution in [-0.2, 0) is 13.0 Å². The SMILES string of the molecule is Fc1ccc(OCCc2cc(C3CCN(Cc4ccc5ncccc5c4)C3)n[nH]2)cc1. The van der Waals surface area contributed by atoms with Gasteiger partial charge in [0.15, 0.2) is 0 Å². The van der Waals surface area contributed by atoms with Crippen molar-refractivity contribution in [3.8, 4) is 5.75 Å². The minimum atomic E-state index is -0.256. The van der Waals surface area contributed by atoms with Crippen molar-refractivity contribution >= 4 is 10.9 Å². The Kier molecular flexibility index (Phi) is 5.63. The molecule has 0 aliphatic carbocycles. The number of pyridine rings is 1. The number of aromatic nitrogens is 3. The highest BCUT2D eigenvalue weighted by molar-refractivity contribution is 5.78. The highest BCUT2D eigenvalue weighted by Gasteiger charge is 2.25. The molecular formula is C25H25FN4O. The number of halogens is 1. The molecule has 0 saturated carbocycles. The second-order valence-corrected chi connectivity index (χ2v) is 8.12. The number of likely N-dealkylation sites (tertiary alicyclic amines) is 1. The Hall–Kier alpha value is -3.25. The third kappa shape index (κ3) is 4.75. The second kappa shape index (κ2) is 8.86. The zero-order chi connectivity index (χ0) is 21.0. The van der Waals surface area contributed by atoms with Crippen LogP contribution in [0.1, 0.15) is 29.3 Å². The van der Waals surface area contributed by atoms with Crippen molar-refractivity contribution in [2.24, 2.45) is 0 Å². The third-order valence-corrected chi connectivity index (χ3v) is 5.87. The summed E-state index contributed by atoms with van der Waals surface area (Å²) in [5, 5.41) is 8.89. The van der Waals surface area contributed by atoms with Crippen molar-refractivity contribution < 1.29 is 9.13 Å². The van der Waals surface area contributed by atoms with Crippen molar-refractivity contribution in [1.82, 2.24) is 20.1 Å². The fraction of sp³-hybridized carbons (Fsp3) is 0.280. The summed E-state index contributed by atoms with van der Waals surface area (Å²) in [5.74, 6) is 0.871.